The van der Waals surface area contributed by atoms with Gasteiger partial charge in [-0.05, 0) is 54.4 Å². The topological polar surface area (TPSA) is 38.8 Å². The molecule has 6 heteroatoms. The van der Waals surface area contributed by atoms with Crippen molar-refractivity contribution in [1.29, 1.82) is 0 Å². The van der Waals surface area contributed by atoms with Crippen molar-refractivity contribution in [2.24, 2.45) is 0 Å². The van der Waals surface area contributed by atoms with E-state index in [4.69, 9.17) is 9.47 Å². The number of ether oxygens (including phenoxy) is 2. The molecule has 3 aromatic carbocycles. The number of amides is 1. The fraction of sp³-hybridized carbons (Fsp3) is 0.261. The molecule has 0 saturated carbocycles. The predicted molar refractivity (Wildman–Crippen MR) is 108 cm³/mol. The van der Waals surface area contributed by atoms with Crippen molar-refractivity contribution in [3.05, 3.63) is 65.7 Å². The fourth-order valence-electron chi connectivity index (χ4n) is 3.69. The number of fused-ring (bicyclic) bond motifs is 2. The number of methoxy groups -OCH3 is 1. The van der Waals surface area contributed by atoms with Crippen LogP contribution in [-0.2, 0) is 4.79 Å². The van der Waals surface area contributed by atoms with Gasteiger partial charge in [0.1, 0.15) is 12.4 Å². The second-order valence-electron chi connectivity index (χ2n) is 7.27. The normalized spacial score (nSPS) is 16.9. The molecule has 1 heterocycles. The van der Waals surface area contributed by atoms with Crippen LogP contribution in [0.15, 0.2) is 48.5 Å². The van der Waals surface area contributed by atoms with Gasteiger partial charge in [0.05, 0.1) is 24.8 Å². The third-order valence-electron chi connectivity index (χ3n) is 5.38. The van der Waals surface area contributed by atoms with Crippen molar-refractivity contribution in [1.82, 2.24) is 0 Å². The number of halogens is 2. The van der Waals surface area contributed by atoms with Crippen LogP contribution >= 0.6 is 0 Å². The highest BCUT2D eigenvalue weighted by Crippen LogP contribution is 2.39. The molecule has 0 spiro atoms. The van der Waals surface area contributed by atoms with E-state index in [1.54, 1.807) is 7.11 Å². The van der Waals surface area contributed by atoms with Crippen LogP contribution in [0.3, 0.4) is 0 Å². The van der Waals surface area contributed by atoms with E-state index in [0.29, 0.717) is 0 Å². The molecule has 29 heavy (non-hydrogen) atoms. The van der Waals surface area contributed by atoms with Crippen molar-refractivity contribution in [2.75, 3.05) is 18.6 Å². The summed E-state index contributed by atoms with van der Waals surface area (Å²) in [6.07, 6.45) is 0. The molecule has 4 rings (SSSR count). The number of hydrogen-bond acceptors (Lipinski definition) is 3. The monoisotopic (exact) mass is 397 g/mol. The maximum atomic E-state index is 14.2. The van der Waals surface area contributed by atoms with Crippen molar-refractivity contribution in [3.8, 4) is 11.5 Å². The van der Waals surface area contributed by atoms with E-state index in [9.17, 15) is 13.6 Å². The quantitative estimate of drug-likeness (QED) is 0.621. The maximum Gasteiger partial charge on any atom is 0.234 e. The molecule has 1 aliphatic heterocycles. The smallest absolute Gasteiger partial charge is 0.234 e. The molecular weight excluding hydrogens is 376 g/mol. The Hall–Kier alpha value is -3.15. The minimum absolute atomic E-state index is 0.101. The Kier molecular flexibility index (Phi) is 4.86. The minimum Gasteiger partial charge on any atom is -0.497 e. The van der Waals surface area contributed by atoms with Gasteiger partial charge in [-0.25, -0.2) is 4.39 Å². The summed E-state index contributed by atoms with van der Waals surface area (Å²) in [6, 6.07) is 13.7. The molecule has 1 aliphatic rings. The van der Waals surface area contributed by atoms with Crippen LogP contribution in [-0.4, -0.2) is 25.7 Å². The standard InChI is InChI=1S/C23H21F2NO3/c1-13-12-29-22-20(9-8-19(24)21(22)25)26(13)23(27)14(2)15-4-5-17-11-18(28-3)7-6-16(17)10-15/h4-11,13-14H,12H2,1-3H3/t13-,14-/m1/s1. The summed E-state index contributed by atoms with van der Waals surface area (Å²) in [4.78, 5) is 14.8. The summed E-state index contributed by atoms with van der Waals surface area (Å²) in [7, 11) is 1.62. The summed E-state index contributed by atoms with van der Waals surface area (Å²) in [5.41, 5.74) is 1.10. The van der Waals surface area contributed by atoms with Gasteiger partial charge >= 0.3 is 0 Å². The van der Waals surface area contributed by atoms with Crippen LogP contribution in [0, 0.1) is 11.6 Å². The van der Waals surface area contributed by atoms with E-state index in [2.05, 4.69) is 0 Å². The van der Waals surface area contributed by atoms with Crippen LogP contribution in [0.1, 0.15) is 25.3 Å². The van der Waals surface area contributed by atoms with Gasteiger partial charge in [-0.2, -0.15) is 4.39 Å². The lowest BCUT2D eigenvalue weighted by Crippen LogP contribution is -2.47. The average molecular weight is 397 g/mol. The van der Waals surface area contributed by atoms with Crippen molar-refractivity contribution in [3.63, 3.8) is 0 Å². The lowest BCUT2D eigenvalue weighted by atomic mass is 9.95. The van der Waals surface area contributed by atoms with Gasteiger partial charge in [0, 0.05) is 0 Å². The summed E-state index contributed by atoms with van der Waals surface area (Å²) in [5, 5.41) is 2.00. The largest absolute Gasteiger partial charge is 0.497 e. The van der Waals surface area contributed by atoms with Crippen LogP contribution in [0.25, 0.3) is 10.8 Å². The van der Waals surface area contributed by atoms with Crippen LogP contribution in [0.4, 0.5) is 14.5 Å². The number of anilines is 1. The average Bonchev–Trinajstić information content (AvgIpc) is 2.74. The second kappa shape index (κ2) is 7.35. The molecule has 3 aromatic rings. The van der Waals surface area contributed by atoms with Crippen molar-refractivity contribution in [2.45, 2.75) is 25.8 Å². The number of carbonyl (C=O) groups excluding carboxylic acids is 1. The number of nitrogens with zero attached hydrogens (tertiary/aromatic N) is 1. The molecule has 0 unspecified atom stereocenters. The minimum atomic E-state index is -1.07. The lowest BCUT2D eigenvalue weighted by Gasteiger charge is -2.36. The Bertz CT molecular complexity index is 1100. The predicted octanol–water partition coefficient (Wildman–Crippen LogP) is 5.04. The van der Waals surface area contributed by atoms with Gasteiger partial charge in [-0.15, -0.1) is 0 Å². The van der Waals surface area contributed by atoms with Gasteiger partial charge < -0.3 is 14.4 Å². The summed E-state index contributed by atoms with van der Waals surface area (Å²) < 4.78 is 38.4. The van der Waals surface area contributed by atoms with Gasteiger partial charge in [0.15, 0.2) is 11.6 Å². The zero-order valence-corrected chi connectivity index (χ0v) is 16.4. The fourth-order valence-corrected chi connectivity index (χ4v) is 3.69. The highest BCUT2D eigenvalue weighted by molar-refractivity contribution is 6.00. The van der Waals surface area contributed by atoms with Crippen LogP contribution in [0.2, 0.25) is 0 Å². The third kappa shape index (κ3) is 3.28. The van der Waals surface area contributed by atoms with Gasteiger partial charge in [0.2, 0.25) is 11.7 Å². The summed E-state index contributed by atoms with van der Waals surface area (Å²) >= 11 is 0. The highest BCUT2D eigenvalue weighted by Gasteiger charge is 2.35. The lowest BCUT2D eigenvalue weighted by molar-refractivity contribution is -0.120. The van der Waals surface area contributed by atoms with E-state index in [1.807, 2.05) is 50.2 Å². The number of benzene rings is 3. The molecule has 0 fully saturated rings. The number of rotatable bonds is 3. The Labute approximate surface area is 167 Å². The first-order valence-corrected chi connectivity index (χ1v) is 9.42. The third-order valence-corrected chi connectivity index (χ3v) is 5.38. The first-order chi connectivity index (χ1) is 13.9. The number of carbonyl (C=O) groups is 1. The Balaban J connectivity index is 1.69. The van der Waals surface area contributed by atoms with E-state index < -0.39 is 17.6 Å². The van der Waals surface area contributed by atoms with Crippen LogP contribution < -0.4 is 14.4 Å². The van der Waals surface area contributed by atoms with E-state index in [1.165, 1.54) is 11.0 Å². The number of hydrogen-bond donors (Lipinski definition) is 0. The molecule has 0 N–H and O–H groups in total. The molecule has 1 amide bonds. The van der Waals surface area contributed by atoms with Gasteiger partial charge in [-0.1, -0.05) is 24.3 Å². The molecule has 150 valence electrons. The summed E-state index contributed by atoms with van der Waals surface area (Å²) in [6.45, 7) is 3.74. The van der Waals surface area contributed by atoms with Gasteiger partial charge in [0.25, 0.3) is 0 Å². The molecule has 0 radical (unpaired) electrons. The molecule has 0 bridgehead atoms. The zero-order chi connectivity index (χ0) is 20.7. The maximum absolute atomic E-state index is 14.2. The second-order valence-corrected chi connectivity index (χ2v) is 7.27. The molecule has 0 saturated heterocycles. The van der Waals surface area contributed by atoms with E-state index in [0.717, 1.165) is 28.2 Å². The zero-order valence-electron chi connectivity index (χ0n) is 16.4. The van der Waals surface area contributed by atoms with Crippen molar-refractivity contribution < 1.29 is 23.0 Å². The molecular formula is C23H21F2NO3. The SMILES string of the molecule is COc1ccc2cc([C@@H](C)C(=O)N3c4ccc(F)c(F)c4OC[C@H]3C)ccc2c1. The molecule has 0 aliphatic carbocycles. The highest BCUT2D eigenvalue weighted by atomic mass is 19.2. The Morgan fingerprint density at radius 1 is 1.14 bits per heavy atom. The molecule has 4 nitrogen and oxygen atoms in total. The van der Waals surface area contributed by atoms with E-state index >= 15 is 0 Å². The Morgan fingerprint density at radius 2 is 1.86 bits per heavy atom. The van der Waals surface area contributed by atoms with Crippen LogP contribution in [0.5, 0.6) is 11.5 Å². The molecule has 0 aromatic heterocycles. The van der Waals surface area contributed by atoms with E-state index in [-0.39, 0.29) is 30.0 Å². The van der Waals surface area contributed by atoms with Gasteiger partial charge in [-0.3, -0.25) is 4.79 Å². The van der Waals surface area contributed by atoms with Crippen molar-refractivity contribution >= 4 is 22.4 Å². The first kappa shape index (κ1) is 19.2. The molecule has 2 atom stereocenters. The summed E-state index contributed by atoms with van der Waals surface area (Å²) in [5.74, 6) is -2.18. The Morgan fingerprint density at radius 3 is 2.62 bits per heavy atom. The first-order valence-electron chi connectivity index (χ1n) is 9.42.